The Morgan fingerprint density at radius 2 is 2.08 bits per heavy atom. The highest BCUT2D eigenvalue weighted by molar-refractivity contribution is 5.76. The van der Waals surface area contributed by atoms with E-state index in [1.165, 1.54) is 5.56 Å². The van der Waals surface area contributed by atoms with E-state index in [9.17, 15) is 4.79 Å². The molecule has 6 heteroatoms. The molecule has 2 aromatic rings. The zero-order chi connectivity index (χ0) is 17.8. The first-order valence-corrected chi connectivity index (χ1v) is 8.85. The van der Waals surface area contributed by atoms with Gasteiger partial charge >= 0.3 is 0 Å². The van der Waals surface area contributed by atoms with Crippen molar-refractivity contribution in [2.45, 2.75) is 45.6 Å². The topological polar surface area (TPSA) is 68.5 Å². The summed E-state index contributed by atoms with van der Waals surface area (Å²) >= 11 is 0. The van der Waals surface area contributed by atoms with Crippen LogP contribution in [0, 0.1) is 0 Å². The Hall–Kier alpha value is -2.21. The zero-order valence-electron chi connectivity index (χ0n) is 15.1. The van der Waals surface area contributed by atoms with E-state index < -0.39 is 0 Å². The number of carbonyl (C=O) groups is 1. The highest BCUT2D eigenvalue weighted by Gasteiger charge is 2.21. The van der Waals surface area contributed by atoms with E-state index >= 15 is 0 Å². The van der Waals surface area contributed by atoms with E-state index in [-0.39, 0.29) is 12.0 Å². The molecule has 6 nitrogen and oxygen atoms in total. The number of carbonyl (C=O) groups excluding carboxylic acids is 1. The normalized spacial score (nSPS) is 17.9. The van der Waals surface area contributed by atoms with Gasteiger partial charge in [0.15, 0.2) is 0 Å². The van der Waals surface area contributed by atoms with Crippen molar-refractivity contribution in [3.05, 3.63) is 35.7 Å². The number of amides is 1. The summed E-state index contributed by atoms with van der Waals surface area (Å²) in [5, 5.41) is 4.03. The van der Waals surface area contributed by atoms with Crippen molar-refractivity contribution >= 4 is 5.91 Å². The average molecular weight is 343 g/mol. The molecule has 1 aromatic heterocycles. The summed E-state index contributed by atoms with van der Waals surface area (Å²) in [7, 11) is 0. The molecule has 0 aliphatic carbocycles. The molecule has 1 amide bonds. The van der Waals surface area contributed by atoms with Gasteiger partial charge < -0.3 is 14.2 Å². The molecular formula is C19H25N3O3. The van der Waals surface area contributed by atoms with Gasteiger partial charge in [0.25, 0.3) is 0 Å². The summed E-state index contributed by atoms with van der Waals surface area (Å²) in [5.41, 5.74) is 2.20. The molecule has 3 rings (SSSR count). The molecule has 1 aromatic carbocycles. The minimum absolute atomic E-state index is 0.0986. The van der Waals surface area contributed by atoms with E-state index in [0.717, 1.165) is 5.56 Å². The van der Waals surface area contributed by atoms with Crippen LogP contribution in [0.25, 0.3) is 11.4 Å². The van der Waals surface area contributed by atoms with E-state index in [1.807, 2.05) is 24.0 Å². The molecule has 0 bridgehead atoms. The van der Waals surface area contributed by atoms with Gasteiger partial charge in [0.1, 0.15) is 0 Å². The van der Waals surface area contributed by atoms with Crippen LogP contribution in [-0.4, -0.2) is 46.7 Å². The fourth-order valence-corrected chi connectivity index (χ4v) is 2.91. The Balaban J connectivity index is 1.57. The Bertz CT molecular complexity index is 709. The van der Waals surface area contributed by atoms with Crippen LogP contribution in [-0.2, 0) is 16.0 Å². The number of ether oxygens (including phenoxy) is 1. The fraction of sp³-hybridized carbons (Fsp3) is 0.526. The van der Waals surface area contributed by atoms with Crippen LogP contribution >= 0.6 is 0 Å². The molecule has 0 N–H and O–H groups in total. The number of aromatic nitrogens is 2. The van der Waals surface area contributed by atoms with Crippen molar-refractivity contribution in [2.24, 2.45) is 0 Å². The van der Waals surface area contributed by atoms with Gasteiger partial charge in [-0.05, 0) is 18.4 Å². The number of aryl methyl sites for hydroxylation is 1. The SMILES string of the molecule is CC(C)c1ccc(-c2noc(CCC(=O)N3CCO[C@@H](C)C3)n2)cc1. The summed E-state index contributed by atoms with van der Waals surface area (Å²) in [6.07, 6.45) is 0.934. The quantitative estimate of drug-likeness (QED) is 0.835. The second kappa shape index (κ2) is 7.78. The number of hydrogen-bond donors (Lipinski definition) is 0. The molecule has 2 heterocycles. The minimum atomic E-state index is 0.0986. The van der Waals surface area contributed by atoms with E-state index in [4.69, 9.17) is 9.26 Å². The Kier molecular flexibility index (Phi) is 5.48. The van der Waals surface area contributed by atoms with Crippen LogP contribution in [0.15, 0.2) is 28.8 Å². The summed E-state index contributed by atoms with van der Waals surface area (Å²) < 4.78 is 10.8. The van der Waals surface area contributed by atoms with Crippen molar-refractivity contribution in [1.82, 2.24) is 15.0 Å². The summed E-state index contributed by atoms with van der Waals surface area (Å²) in [5.74, 6) is 1.66. The van der Waals surface area contributed by atoms with Crippen LogP contribution in [0.3, 0.4) is 0 Å². The van der Waals surface area contributed by atoms with Crippen LogP contribution in [0.2, 0.25) is 0 Å². The molecule has 25 heavy (non-hydrogen) atoms. The second-order valence-corrected chi connectivity index (χ2v) is 6.81. The fourth-order valence-electron chi connectivity index (χ4n) is 2.91. The second-order valence-electron chi connectivity index (χ2n) is 6.81. The molecule has 134 valence electrons. The first-order chi connectivity index (χ1) is 12.0. The number of nitrogens with zero attached hydrogens (tertiary/aromatic N) is 3. The minimum Gasteiger partial charge on any atom is -0.375 e. The van der Waals surface area contributed by atoms with Gasteiger partial charge in [-0.3, -0.25) is 4.79 Å². The van der Waals surface area contributed by atoms with Crippen molar-refractivity contribution < 1.29 is 14.1 Å². The first kappa shape index (κ1) is 17.6. The van der Waals surface area contributed by atoms with Gasteiger partial charge in [0.2, 0.25) is 17.6 Å². The molecule has 0 saturated carbocycles. The predicted octanol–water partition coefficient (Wildman–Crippen LogP) is 3.04. The highest BCUT2D eigenvalue weighted by Crippen LogP contribution is 2.21. The molecule has 0 spiro atoms. The number of benzene rings is 1. The molecular weight excluding hydrogens is 318 g/mol. The maximum Gasteiger partial charge on any atom is 0.227 e. The van der Waals surface area contributed by atoms with Crippen molar-refractivity contribution in [1.29, 1.82) is 0 Å². The molecule has 0 unspecified atom stereocenters. The van der Waals surface area contributed by atoms with Gasteiger partial charge in [-0.2, -0.15) is 4.98 Å². The molecule has 1 atom stereocenters. The zero-order valence-corrected chi connectivity index (χ0v) is 15.1. The largest absolute Gasteiger partial charge is 0.375 e. The number of morpholine rings is 1. The lowest BCUT2D eigenvalue weighted by atomic mass is 10.0. The molecule has 1 aliphatic heterocycles. The van der Waals surface area contributed by atoms with Crippen LogP contribution in [0.4, 0.5) is 0 Å². The van der Waals surface area contributed by atoms with E-state index in [0.29, 0.717) is 50.2 Å². The van der Waals surface area contributed by atoms with Gasteiger partial charge in [0.05, 0.1) is 12.7 Å². The van der Waals surface area contributed by atoms with Gasteiger partial charge in [0, 0.05) is 31.5 Å². The smallest absolute Gasteiger partial charge is 0.227 e. The van der Waals surface area contributed by atoms with Crippen molar-refractivity contribution in [3.8, 4) is 11.4 Å². The first-order valence-electron chi connectivity index (χ1n) is 8.85. The Labute approximate surface area is 148 Å². The lowest BCUT2D eigenvalue weighted by molar-refractivity contribution is -0.138. The standard InChI is InChI=1S/C19H25N3O3/c1-13(2)15-4-6-16(7-5-15)19-20-17(25-21-19)8-9-18(23)22-10-11-24-14(3)12-22/h4-7,13-14H,8-12H2,1-3H3/t14-/m0/s1. The average Bonchev–Trinajstić information content (AvgIpc) is 3.08. The van der Waals surface area contributed by atoms with Gasteiger partial charge in [-0.25, -0.2) is 0 Å². The highest BCUT2D eigenvalue weighted by atomic mass is 16.5. The van der Waals surface area contributed by atoms with Gasteiger partial charge in [-0.15, -0.1) is 0 Å². The van der Waals surface area contributed by atoms with Crippen molar-refractivity contribution in [3.63, 3.8) is 0 Å². The third kappa shape index (κ3) is 4.45. The Morgan fingerprint density at radius 1 is 1.32 bits per heavy atom. The lowest BCUT2D eigenvalue weighted by Crippen LogP contribution is -2.44. The van der Waals surface area contributed by atoms with Crippen LogP contribution in [0.1, 0.15) is 44.6 Å². The third-order valence-electron chi connectivity index (χ3n) is 4.45. The van der Waals surface area contributed by atoms with Gasteiger partial charge in [-0.1, -0.05) is 43.3 Å². The predicted molar refractivity (Wildman–Crippen MR) is 94.1 cm³/mol. The Morgan fingerprint density at radius 3 is 2.76 bits per heavy atom. The molecule has 1 aliphatic rings. The van der Waals surface area contributed by atoms with E-state index in [1.54, 1.807) is 0 Å². The van der Waals surface area contributed by atoms with E-state index in [2.05, 4.69) is 36.1 Å². The summed E-state index contributed by atoms with van der Waals surface area (Å²) in [4.78, 5) is 18.5. The molecule has 0 radical (unpaired) electrons. The third-order valence-corrected chi connectivity index (χ3v) is 4.45. The summed E-state index contributed by atoms with van der Waals surface area (Å²) in [6, 6.07) is 8.17. The maximum atomic E-state index is 12.3. The lowest BCUT2D eigenvalue weighted by Gasteiger charge is -2.31. The van der Waals surface area contributed by atoms with Crippen molar-refractivity contribution in [2.75, 3.05) is 19.7 Å². The van der Waals surface area contributed by atoms with Crippen LogP contribution < -0.4 is 0 Å². The molecule has 1 fully saturated rings. The maximum absolute atomic E-state index is 12.3. The monoisotopic (exact) mass is 343 g/mol. The number of hydrogen-bond acceptors (Lipinski definition) is 5. The summed E-state index contributed by atoms with van der Waals surface area (Å²) in [6.45, 7) is 8.20. The van der Waals surface area contributed by atoms with Crippen LogP contribution in [0.5, 0.6) is 0 Å². The number of rotatable bonds is 5. The molecule has 1 saturated heterocycles.